The third-order valence-corrected chi connectivity index (χ3v) is 2.83. The van der Waals surface area contributed by atoms with Crippen molar-refractivity contribution in [1.82, 2.24) is 0 Å². The Hall–Kier alpha value is -2.57. The van der Waals surface area contributed by atoms with Crippen LogP contribution >= 0.6 is 0 Å². The Morgan fingerprint density at radius 2 is 2.05 bits per heavy atom. The van der Waals surface area contributed by atoms with Crippen molar-refractivity contribution >= 4 is 17.2 Å². The lowest BCUT2D eigenvalue weighted by Gasteiger charge is -2.16. The summed E-state index contributed by atoms with van der Waals surface area (Å²) in [6, 6.07) is 4.50. The molecular formula is C13H13N3O4. The molecule has 0 saturated heterocycles. The van der Waals surface area contributed by atoms with E-state index < -0.39 is 10.6 Å². The van der Waals surface area contributed by atoms with Crippen LogP contribution in [-0.2, 0) is 9.53 Å². The van der Waals surface area contributed by atoms with Crippen LogP contribution in [0.3, 0.4) is 0 Å². The molecule has 1 atom stereocenters. The van der Waals surface area contributed by atoms with E-state index in [0.717, 1.165) is 5.56 Å². The Morgan fingerprint density at radius 1 is 1.35 bits per heavy atom. The zero-order chi connectivity index (χ0) is 14.9. The number of benzene rings is 1. The molecule has 2 rings (SSSR count). The topological polar surface area (TPSA) is 94.2 Å². The minimum Gasteiger partial charge on any atom is -0.462 e. The van der Waals surface area contributed by atoms with E-state index in [1.165, 1.54) is 25.1 Å². The normalized spacial score (nSPS) is 21.9. The zero-order valence-corrected chi connectivity index (χ0v) is 11.3. The van der Waals surface area contributed by atoms with Crippen molar-refractivity contribution < 1.29 is 14.5 Å². The van der Waals surface area contributed by atoms with Gasteiger partial charge in [-0.05, 0) is 25.5 Å². The third kappa shape index (κ3) is 2.56. The molecule has 7 nitrogen and oxygen atoms in total. The number of ether oxygens (including phenoxy) is 1. The Balaban J connectivity index is 2.35. The third-order valence-electron chi connectivity index (χ3n) is 2.83. The van der Waals surface area contributed by atoms with Gasteiger partial charge in [-0.3, -0.25) is 14.9 Å². The highest BCUT2D eigenvalue weighted by Crippen LogP contribution is 2.32. The summed E-state index contributed by atoms with van der Waals surface area (Å²) in [6.07, 6.45) is 1.32. The minimum atomic E-state index is -1.44. The molecule has 0 bridgehead atoms. The van der Waals surface area contributed by atoms with Gasteiger partial charge in [0.05, 0.1) is 4.92 Å². The molecule has 0 saturated carbocycles. The van der Waals surface area contributed by atoms with Gasteiger partial charge in [0.25, 0.3) is 11.4 Å². The number of aryl methyl sites for hydroxylation is 1. The van der Waals surface area contributed by atoms with Gasteiger partial charge in [-0.15, -0.1) is 10.2 Å². The van der Waals surface area contributed by atoms with E-state index in [1.807, 2.05) is 0 Å². The van der Waals surface area contributed by atoms with Gasteiger partial charge >= 0.3 is 0 Å². The summed E-state index contributed by atoms with van der Waals surface area (Å²) in [7, 11) is 0. The molecule has 0 amide bonds. The zero-order valence-electron chi connectivity index (χ0n) is 11.3. The summed E-state index contributed by atoms with van der Waals surface area (Å²) < 4.78 is 5.29. The fourth-order valence-electron chi connectivity index (χ4n) is 1.80. The van der Waals surface area contributed by atoms with Gasteiger partial charge in [-0.1, -0.05) is 6.07 Å². The molecule has 0 aliphatic carbocycles. The standard InChI is InChI=1S/C13H13N3O4/c1-8-4-5-11(16(18)19)10(6-8)14-15-13(3)12(17)7-9(2)20-13/h4-7H,1-3H3. The highest BCUT2D eigenvalue weighted by Gasteiger charge is 2.39. The number of ketones is 1. The van der Waals surface area contributed by atoms with Crippen LogP contribution in [-0.4, -0.2) is 16.4 Å². The molecule has 1 aromatic carbocycles. The quantitative estimate of drug-likeness (QED) is 0.480. The van der Waals surface area contributed by atoms with E-state index in [4.69, 9.17) is 4.74 Å². The number of azo groups is 1. The number of nitro groups is 1. The average Bonchev–Trinajstić information content (AvgIpc) is 2.60. The molecule has 0 aromatic heterocycles. The first-order valence-corrected chi connectivity index (χ1v) is 5.91. The highest BCUT2D eigenvalue weighted by atomic mass is 16.6. The molecule has 0 N–H and O–H groups in total. The second kappa shape index (κ2) is 4.84. The fraction of sp³-hybridized carbons (Fsp3) is 0.308. The van der Waals surface area contributed by atoms with Crippen molar-refractivity contribution in [2.24, 2.45) is 10.2 Å². The van der Waals surface area contributed by atoms with E-state index in [9.17, 15) is 14.9 Å². The molecule has 1 aliphatic heterocycles. The second-order valence-corrected chi connectivity index (χ2v) is 4.65. The van der Waals surface area contributed by atoms with Crippen LogP contribution in [0.15, 0.2) is 40.3 Å². The summed E-state index contributed by atoms with van der Waals surface area (Å²) in [5.41, 5.74) is -0.709. The maximum atomic E-state index is 11.7. The molecule has 0 fully saturated rings. The number of carbonyl (C=O) groups excluding carboxylic acids is 1. The van der Waals surface area contributed by atoms with E-state index >= 15 is 0 Å². The Morgan fingerprint density at radius 3 is 2.60 bits per heavy atom. The van der Waals surface area contributed by atoms with Gasteiger partial charge in [0, 0.05) is 19.1 Å². The SMILES string of the molecule is CC1=CC(=O)C(C)(N=Nc2cc(C)ccc2[N+](=O)[O-])O1. The van der Waals surface area contributed by atoms with Crippen LogP contribution in [0.1, 0.15) is 19.4 Å². The molecule has 7 heteroatoms. The van der Waals surface area contributed by atoms with E-state index in [0.29, 0.717) is 5.76 Å². The first-order valence-electron chi connectivity index (χ1n) is 5.91. The summed E-state index contributed by atoms with van der Waals surface area (Å²) in [5.74, 6) is 0.101. The Labute approximate surface area is 115 Å². The summed E-state index contributed by atoms with van der Waals surface area (Å²) in [5, 5.41) is 18.6. The Bertz CT molecular complexity index is 651. The number of carbonyl (C=O) groups is 1. The van der Waals surface area contributed by atoms with Crippen molar-refractivity contribution in [3.05, 3.63) is 45.7 Å². The second-order valence-electron chi connectivity index (χ2n) is 4.65. The van der Waals surface area contributed by atoms with E-state index in [1.54, 1.807) is 19.9 Å². The van der Waals surface area contributed by atoms with Gasteiger partial charge in [-0.25, -0.2) is 0 Å². The average molecular weight is 275 g/mol. The molecule has 1 unspecified atom stereocenters. The van der Waals surface area contributed by atoms with Crippen molar-refractivity contribution in [2.75, 3.05) is 0 Å². The molecule has 104 valence electrons. The number of rotatable bonds is 3. The monoisotopic (exact) mass is 275 g/mol. The number of hydrogen-bond donors (Lipinski definition) is 0. The lowest BCUT2D eigenvalue weighted by molar-refractivity contribution is -0.384. The fourth-order valence-corrected chi connectivity index (χ4v) is 1.80. The summed E-state index contributed by atoms with van der Waals surface area (Å²) in [4.78, 5) is 22.1. The predicted molar refractivity (Wildman–Crippen MR) is 70.6 cm³/mol. The van der Waals surface area contributed by atoms with Crippen LogP contribution in [0.25, 0.3) is 0 Å². The number of nitro benzene ring substituents is 1. The minimum absolute atomic E-state index is 0.0946. The number of hydrogen-bond acceptors (Lipinski definition) is 6. The van der Waals surface area contributed by atoms with Gasteiger partial charge in [-0.2, -0.15) is 0 Å². The van der Waals surface area contributed by atoms with Crippen molar-refractivity contribution in [1.29, 1.82) is 0 Å². The molecule has 0 spiro atoms. The van der Waals surface area contributed by atoms with Crippen molar-refractivity contribution in [2.45, 2.75) is 26.5 Å². The lowest BCUT2D eigenvalue weighted by Crippen LogP contribution is -2.29. The predicted octanol–water partition coefficient (Wildman–Crippen LogP) is 3.21. The Kier molecular flexibility index (Phi) is 3.35. The van der Waals surface area contributed by atoms with E-state index in [-0.39, 0.29) is 17.2 Å². The van der Waals surface area contributed by atoms with Gasteiger partial charge in [0.1, 0.15) is 5.76 Å². The van der Waals surface area contributed by atoms with Crippen LogP contribution < -0.4 is 0 Å². The molecule has 0 radical (unpaired) electrons. The van der Waals surface area contributed by atoms with Crippen molar-refractivity contribution in [3.8, 4) is 0 Å². The summed E-state index contributed by atoms with van der Waals surface area (Å²) in [6.45, 7) is 4.88. The van der Waals surface area contributed by atoms with Crippen LogP contribution in [0.5, 0.6) is 0 Å². The largest absolute Gasteiger partial charge is 0.462 e. The first-order chi connectivity index (χ1) is 9.32. The maximum absolute atomic E-state index is 11.7. The maximum Gasteiger partial charge on any atom is 0.296 e. The lowest BCUT2D eigenvalue weighted by atomic mass is 10.2. The highest BCUT2D eigenvalue weighted by molar-refractivity contribution is 5.98. The van der Waals surface area contributed by atoms with Crippen molar-refractivity contribution in [3.63, 3.8) is 0 Å². The molecule has 1 heterocycles. The molecule has 1 aliphatic rings. The first kappa shape index (κ1) is 13.9. The molecule has 1 aromatic rings. The van der Waals surface area contributed by atoms with Crippen LogP contribution in [0.2, 0.25) is 0 Å². The molecular weight excluding hydrogens is 262 g/mol. The summed E-state index contributed by atoms with van der Waals surface area (Å²) >= 11 is 0. The number of nitrogens with zero attached hydrogens (tertiary/aromatic N) is 3. The van der Waals surface area contributed by atoms with E-state index in [2.05, 4.69) is 10.2 Å². The van der Waals surface area contributed by atoms with Gasteiger partial charge in [0.2, 0.25) is 5.78 Å². The van der Waals surface area contributed by atoms with Crippen LogP contribution in [0, 0.1) is 17.0 Å². The van der Waals surface area contributed by atoms with Crippen LogP contribution in [0.4, 0.5) is 11.4 Å². The molecule has 20 heavy (non-hydrogen) atoms. The number of allylic oxidation sites excluding steroid dienone is 1. The smallest absolute Gasteiger partial charge is 0.296 e. The van der Waals surface area contributed by atoms with Gasteiger partial charge < -0.3 is 4.74 Å². The van der Waals surface area contributed by atoms with Gasteiger partial charge in [0.15, 0.2) is 5.69 Å².